The minimum Gasteiger partial charge on any atom is -0.364 e. The third kappa shape index (κ3) is 1.21. The van der Waals surface area contributed by atoms with Crippen molar-refractivity contribution in [1.82, 2.24) is 10.1 Å². The zero-order valence-electron chi connectivity index (χ0n) is 6.69. The van der Waals surface area contributed by atoms with E-state index < -0.39 is 0 Å². The molecule has 0 aliphatic rings. The molecule has 2 aromatic heterocycles. The van der Waals surface area contributed by atoms with Crippen molar-refractivity contribution < 1.29 is 4.52 Å². The number of nitrogens with zero attached hydrogens (tertiary/aromatic N) is 2. The molecule has 0 saturated heterocycles. The van der Waals surface area contributed by atoms with Crippen molar-refractivity contribution in [3.05, 3.63) is 36.4 Å². The molecular weight excluding hydrogens is 152 g/mol. The van der Waals surface area contributed by atoms with E-state index in [0.29, 0.717) is 0 Å². The largest absolute Gasteiger partial charge is 0.364 e. The lowest BCUT2D eigenvalue weighted by atomic mass is 10.2. The number of rotatable bonds is 1. The second-order valence-corrected chi connectivity index (χ2v) is 2.63. The van der Waals surface area contributed by atoms with Gasteiger partial charge >= 0.3 is 0 Å². The van der Waals surface area contributed by atoms with Crippen LogP contribution in [-0.4, -0.2) is 10.1 Å². The summed E-state index contributed by atoms with van der Waals surface area (Å²) in [6, 6.07) is 3.95. The van der Waals surface area contributed by atoms with Crippen molar-refractivity contribution in [2.45, 2.75) is 6.92 Å². The van der Waals surface area contributed by atoms with E-state index in [2.05, 4.69) is 10.1 Å². The lowest BCUT2D eigenvalue weighted by molar-refractivity contribution is 0.420. The zero-order valence-corrected chi connectivity index (χ0v) is 6.69. The van der Waals surface area contributed by atoms with Gasteiger partial charge in [0.2, 0.25) is 0 Å². The van der Waals surface area contributed by atoms with Gasteiger partial charge in [-0.3, -0.25) is 4.98 Å². The van der Waals surface area contributed by atoms with E-state index in [1.54, 1.807) is 18.7 Å². The molecule has 0 aromatic carbocycles. The van der Waals surface area contributed by atoms with Gasteiger partial charge in [-0.05, 0) is 24.6 Å². The van der Waals surface area contributed by atoms with Crippen LogP contribution in [-0.2, 0) is 0 Å². The molecule has 0 atom stereocenters. The van der Waals surface area contributed by atoms with Crippen molar-refractivity contribution in [3.63, 3.8) is 0 Å². The van der Waals surface area contributed by atoms with E-state index in [1.165, 1.54) is 5.56 Å². The fourth-order valence-corrected chi connectivity index (χ4v) is 1.03. The summed E-state index contributed by atoms with van der Waals surface area (Å²) in [5.41, 5.74) is 3.00. The fourth-order valence-electron chi connectivity index (χ4n) is 1.03. The molecule has 0 unspecified atom stereocenters. The van der Waals surface area contributed by atoms with Crippen LogP contribution in [0, 0.1) is 6.92 Å². The van der Waals surface area contributed by atoms with E-state index in [1.807, 2.05) is 19.1 Å². The Labute approximate surface area is 70.0 Å². The molecule has 60 valence electrons. The predicted octanol–water partition coefficient (Wildman–Crippen LogP) is 2.05. The van der Waals surface area contributed by atoms with E-state index in [-0.39, 0.29) is 0 Å². The lowest BCUT2D eigenvalue weighted by Crippen LogP contribution is -1.81. The van der Waals surface area contributed by atoms with Crippen molar-refractivity contribution in [2.24, 2.45) is 0 Å². The third-order valence-electron chi connectivity index (χ3n) is 1.64. The van der Waals surface area contributed by atoms with Gasteiger partial charge in [-0.2, -0.15) is 0 Å². The summed E-state index contributed by atoms with van der Waals surface area (Å²) in [4.78, 5) is 4.18. The topological polar surface area (TPSA) is 38.9 Å². The summed E-state index contributed by atoms with van der Waals surface area (Å²) in [6.07, 6.45) is 5.02. The van der Waals surface area contributed by atoms with E-state index in [0.717, 1.165) is 11.3 Å². The minimum atomic E-state index is 0.899. The molecule has 2 aromatic rings. The summed E-state index contributed by atoms with van der Waals surface area (Å²) < 4.78 is 4.72. The summed E-state index contributed by atoms with van der Waals surface area (Å²) in [5.74, 6) is 0. The Morgan fingerprint density at radius 1 is 1.42 bits per heavy atom. The maximum Gasteiger partial charge on any atom is 0.133 e. The predicted molar refractivity (Wildman–Crippen MR) is 44.5 cm³/mol. The molecule has 0 bridgehead atoms. The SMILES string of the molecule is Cc1ccnc(-c2cnoc2)c1. The highest BCUT2D eigenvalue weighted by Gasteiger charge is 2.00. The van der Waals surface area contributed by atoms with Gasteiger partial charge in [0.25, 0.3) is 0 Å². The smallest absolute Gasteiger partial charge is 0.133 e. The van der Waals surface area contributed by atoms with Gasteiger partial charge < -0.3 is 4.52 Å². The van der Waals surface area contributed by atoms with Crippen LogP contribution in [0.4, 0.5) is 0 Å². The van der Waals surface area contributed by atoms with Gasteiger partial charge in [0.15, 0.2) is 0 Å². The highest BCUT2D eigenvalue weighted by molar-refractivity contribution is 5.56. The molecular formula is C9H8N2O. The van der Waals surface area contributed by atoms with Gasteiger partial charge in [-0.15, -0.1) is 0 Å². The molecule has 12 heavy (non-hydrogen) atoms. The Balaban J connectivity index is 2.48. The van der Waals surface area contributed by atoms with Crippen LogP contribution in [0.3, 0.4) is 0 Å². The lowest BCUT2D eigenvalue weighted by Gasteiger charge is -1.95. The van der Waals surface area contributed by atoms with Gasteiger partial charge in [0, 0.05) is 6.20 Å². The Morgan fingerprint density at radius 3 is 3.00 bits per heavy atom. The average Bonchev–Trinajstić information content (AvgIpc) is 2.56. The van der Waals surface area contributed by atoms with E-state index in [4.69, 9.17) is 4.52 Å². The quantitative estimate of drug-likeness (QED) is 0.640. The molecule has 0 radical (unpaired) electrons. The molecule has 0 N–H and O–H groups in total. The second kappa shape index (κ2) is 2.77. The maximum atomic E-state index is 4.72. The molecule has 0 fully saturated rings. The summed E-state index contributed by atoms with van der Waals surface area (Å²) in [7, 11) is 0. The summed E-state index contributed by atoms with van der Waals surface area (Å²) >= 11 is 0. The Morgan fingerprint density at radius 2 is 2.33 bits per heavy atom. The van der Waals surface area contributed by atoms with Crippen molar-refractivity contribution in [2.75, 3.05) is 0 Å². The number of hydrogen-bond acceptors (Lipinski definition) is 3. The first-order valence-corrected chi connectivity index (χ1v) is 3.68. The number of aryl methyl sites for hydroxylation is 1. The molecule has 3 heteroatoms. The van der Waals surface area contributed by atoms with Crippen LogP contribution in [0.15, 0.2) is 35.3 Å². The first kappa shape index (κ1) is 7.03. The molecule has 0 aliphatic carbocycles. The van der Waals surface area contributed by atoms with Crippen LogP contribution in [0.2, 0.25) is 0 Å². The highest BCUT2D eigenvalue weighted by atomic mass is 16.5. The zero-order chi connectivity index (χ0) is 8.39. The van der Waals surface area contributed by atoms with Crippen LogP contribution in [0.5, 0.6) is 0 Å². The standard InChI is InChI=1S/C9H8N2O/c1-7-2-3-10-9(4-7)8-5-11-12-6-8/h2-6H,1H3. The Hall–Kier alpha value is -1.64. The summed E-state index contributed by atoms with van der Waals surface area (Å²) in [5, 5.41) is 3.61. The second-order valence-electron chi connectivity index (χ2n) is 2.63. The van der Waals surface area contributed by atoms with E-state index >= 15 is 0 Å². The molecule has 2 rings (SSSR count). The maximum absolute atomic E-state index is 4.72. The van der Waals surface area contributed by atoms with Crippen LogP contribution < -0.4 is 0 Å². The monoisotopic (exact) mass is 160 g/mol. The fraction of sp³-hybridized carbons (Fsp3) is 0.111. The number of pyridine rings is 1. The minimum absolute atomic E-state index is 0.899. The first-order valence-electron chi connectivity index (χ1n) is 3.68. The van der Waals surface area contributed by atoms with Crippen LogP contribution >= 0.6 is 0 Å². The van der Waals surface area contributed by atoms with Gasteiger partial charge in [0.1, 0.15) is 6.26 Å². The summed E-state index contributed by atoms with van der Waals surface area (Å²) in [6.45, 7) is 2.03. The molecule has 0 spiro atoms. The number of aromatic nitrogens is 2. The molecule has 0 amide bonds. The van der Waals surface area contributed by atoms with Gasteiger partial charge in [-0.1, -0.05) is 5.16 Å². The Kier molecular flexibility index (Phi) is 1.63. The normalized spacial score (nSPS) is 10.1. The van der Waals surface area contributed by atoms with Crippen molar-refractivity contribution in [1.29, 1.82) is 0 Å². The van der Waals surface area contributed by atoms with Crippen molar-refractivity contribution >= 4 is 0 Å². The van der Waals surface area contributed by atoms with Gasteiger partial charge in [0.05, 0.1) is 17.5 Å². The average molecular weight is 160 g/mol. The van der Waals surface area contributed by atoms with Gasteiger partial charge in [-0.25, -0.2) is 0 Å². The molecule has 2 heterocycles. The number of hydrogen-bond donors (Lipinski definition) is 0. The third-order valence-corrected chi connectivity index (χ3v) is 1.64. The molecule has 0 aliphatic heterocycles. The highest BCUT2D eigenvalue weighted by Crippen LogP contribution is 2.15. The Bertz CT molecular complexity index is 368. The van der Waals surface area contributed by atoms with Crippen LogP contribution in [0.1, 0.15) is 5.56 Å². The van der Waals surface area contributed by atoms with Crippen molar-refractivity contribution in [3.8, 4) is 11.3 Å². The van der Waals surface area contributed by atoms with E-state index in [9.17, 15) is 0 Å². The molecule has 0 saturated carbocycles. The van der Waals surface area contributed by atoms with Crippen LogP contribution in [0.25, 0.3) is 11.3 Å². The molecule has 3 nitrogen and oxygen atoms in total. The first-order chi connectivity index (χ1) is 5.86.